The first-order chi connectivity index (χ1) is 16.3. The lowest BCUT2D eigenvalue weighted by molar-refractivity contribution is -0.129. The molecule has 0 aliphatic carbocycles. The molecule has 1 unspecified atom stereocenters. The molecule has 180 valence electrons. The Morgan fingerprint density at radius 2 is 1.79 bits per heavy atom. The van der Waals surface area contributed by atoms with Gasteiger partial charge in [-0.3, -0.25) is 9.59 Å². The summed E-state index contributed by atoms with van der Waals surface area (Å²) in [6.07, 6.45) is 3.47. The van der Waals surface area contributed by atoms with Crippen molar-refractivity contribution in [2.24, 2.45) is 0 Å². The number of ether oxygens (including phenoxy) is 1. The number of carbonyl (C=O) groups excluding carboxylic acids is 3. The lowest BCUT2D eigenvalue weighted by Gasteiger charge is -2.31. The molecule has 0 spiro atoms. The molecular weight excluding hydrogens is 454 g/mol. The number of methoxy groups -OCH3 is 1. The number of hydrogen-bond donors (Lipinski definition) is 1. The zero-order valence-corrected chi connectivity index (χ0v) is 20.5. The molecule has 8 nitrogen and oxygen atoms in total. The van der Waals surface area contributed by atoms with Crippen LogP contribution in [-0.2, 0) is 9.53 Å². The SMILES string of the molecule is COC(=O)c1ccc(C2C(C(=O)c3sc(C)nc3C)=C(O)C(=O)N2CCN2CCCCC2)cc1. The number of rotatable bonds is 7. The van der Waals surface area contributed by atoms with Crippen molar-refractivity contribution in [2.45, 2.75) is 39.2 Å². The van der Waals surface area contributed by atoms with Crippen LogP contribution in [0.1, 0.15) is 61.6 Å². The highest BCUT2D eigenvalue weighted by Crippen LogP contribution is 2.40. The molecule has 1 N–H and O–H groups in total. The molecule has 9 heteroatoms. The summed E-state index contributed by atoms with van der Waals surface area (Å²) in [6, 6.07) is 5.87. The Bertz CT molecular complexity index is 1130. The Kier molecular flexibility index (Phi) is 7.13. The monoisotopic (exact) mass is 483 g/mol. The van der Waals surface area contributed by atoms with Gasteiger partial charge in [0.2, 0.25) is 5.78 Å². The zero-order valence-electron chi connectivity index (χ0n) is 19.7. The van der Waals surface area contributed by atoms with Crippen molar-refractivity contribution in [1.29, 1.82) is 0 Å². The molecule has 2 aliphatic rings. The van der Waals surface area contributed by atoms with Crippen LogP contribution in [0.3, 0.4) is 0 Å². The number of aryl methyl sites for hydroxylation is 2. The number of benzene rings is 1. The number of hydrogen-bond acceptors (Lipinski definition) is 8. The third-order valence-corrected chi connectivity index (χ3v) is 7.48. The number of esters is 1. The van der Waals surface area contributed by atoms with Crippen LogP contribution in [-0.4, -0.2) is 70.8 Å². The predicted molar refractivity (Wildman–Crippen MR) is 128 cm³/mol. The second-order valence-corrected chi connectivity index (χ2v) is 9.86. The number of nitrogens with zero attached hydrogens (tertiary/aromatic N) is 3. The van der Waals surface area contributed by atoms with Gasteiger partial charge in [-0.1, -0.05) is 18.6 Å². The summed E-state index contributed by atoms with van der Waals surface area (Å²) in [5.74, 6) is -1.93. The molecule has 1 amide bonds. The van der Waals surface area contributed by atoms with Gasteiger partial charge in [-0.05, 0) is 57.5 Å². The average Bonchev–Trinajstić information content (AvgIpc) is 3.32. The Labute approximate surface area is 202 Å². The number of piperidine rings is 1. The van der Waals surface area contributed by atoms with E-state index < -0.39 is 29.5 Å². The number of carbonyl (C=O) groups is 3. The lowest BCUT2D eigenvalue weighted by Crippen LogP contribution is -2.40. The zero-order chi connectivity index (χ0) is 24.4. The molecule has 34 heavy (non-hydrogen) atoms. The summed E-state index contributed by atoms with van der Waals surface area (Å²) in [7, 11) is 1.31. The van der Waals surface area contributed by atoms with Crippen LogP contribution in [0, 0.1) is 13.8 Å². The smallest absolute Gasteiger partial charge is 0.337 e. The highest BCUT2D eigenvalue weighted by atomic mass is 32.1. The van der Waals surface area contributed by atoms with Crippen LogP contribution in [0.2, 0.25) is 0 Å². The van der Waals surface area contributed by atoms with E-state index in [1.54, 1.807) is 36.1 Å². The predicted octanol–water partition coefficient (Wildman–Crippen LogP) is 3.61. The van der Waals surface area contributed by atoms with Crippen molar-refractivity contribution in [3.8, 4) is 0 Å². The first kappa shape index (κ1) is 24.1. The van der Waals surface area contributed by atoms with E-state index in [9.17, 15) is 19.5 Å². The van der Waals surface area contributed by atoms with Gasteiger partial charge in [0.25, 0.3) is 5.91 Å². The van der Waals surface area contributed by atoms with Gasteiger partial charge >= 0.3 is 5.97 Å². The van der Waals surface area contributed by atoms with E-state index in [4.69, 9.17) is 4.74 Å². The molecule has 2 aliphatic heterocycles. The number of aliphatic hydroxyl groups is 1. The third kappa shape index (κ3) is 4.63. The minimum absolute atomic E-state index is 0.0567. The molecule has 0 saturated carbocycles. The third-order valence-electron chi connectivity index (χ3n) is 6.41. The summed E-state index contributed by atoms with van der Waals surface area (Å²) < 4.78 is 4.78. The molecule has 0 radical (unpaired) electrons. The maximum Gasteiger partial charge on any atom is 0.337 e. The molecule has 2 aromatic rings. The maximum absolute atomic E-state index is 13.6. The van der Waals surface area contributed by atoms with Gasteiger partial charge in [-0.25, -0.2) is 9.78 Å². The standard InChI is InChI=1S/C25H29N3O5S/c1-15-23(34-16(2)26-15)21(29)19-20(17-7-9-18(10-8-17)25(32)33-3)28(24(31)22(19)30)14-13-27-11-5-4-6-12-27/h7-10,20,30H,4-6,11-14H2,1-3H3. The van der Waals surface area contributed by atoms with Gasteiger partial charge < -0.3 is 19.6 Å². The van der Waals surface area contributed by atoms with E-state index in [-0.39, 0.29) is 5.57 Å². The first-order valence-corrected chi connectivity index (χ1v) is 12.3. The summed E-state index contributed by atoms with van der Waals surface area (Å²) in [5, 5.41) is 11.6. The van der Waals surface area contributed by atoms with Gasteiger partial charge in [-0.2, -0.15) is 0 Å². The Morgan fingerprint density at radius 1 is 1.12 bits per heavy atom. The van der Waals surface area contributed by atoms with Crippen LogP contribution >= 0.6 is 11.3 Å². The molecule has 1 aromatic heterocycles. The normalized spacial score (nSPS) is 19.1. The minimum Gasteiger partial charge on any atom is -0.503 e. The van der Waals surface area contributed by atoms with Crippen molar-refractivity contribution in [2.75, 3.05) is 33.3 Å². The molecule has 1 atom stereocenters. The van der Waals surface area contributed by atoms with Crippen molar-refractivity contribution in [3.05, 3.63) is 62.3 Å². The number of ketones is 1. The van der Waals surface area contributed by atoms with E-state index in [0.717, 1.165) is 30.9 Å². The van der Waals surface area contributed by atoms with Gasteiger partial charge in [0.1, 0.15) is 0 Å². The van der Waals surface area contributed by atoms with Crippen molar-refractivity contribution in [3.63, 3.8) is 0 Å². The van der Waals surface area contributed by atoms with E-state index in [2.05, 4.69) is 9.88 Å². The lowest BCUT2D eigenvalue weighted by atomic mass is 9.94. The highest BCUT2D eigenvalue weighted by molar-refractivity contribution is 7.14. The van der Waals surface area contributed by atoms with Crippen LogP contribution in [0.15, 0.2) is 35.6 Å². The van der Waals surface area contributed by atoms with Crippen LogP contribution in [0.4, 0.5) is 0 Å². The number of Topliss-reactive ketones (excluding diaryl/α,β-unsaturated/α-hetero) is 1. The molecule has 1 fully saturated rings. The summed E-state index contributed by atoms with van der Waals surface area (Å²) in [6.45, 7) is 6.56. The van der Waals surface area contributed by atoms with Crippen LogP contribution in [0.5, 0.6) is 0 Å². The quantitative estimate of drug-likeness (QED) is 0.474. The summed E-state index contributed by atoms with van der Waals surface area (Å²) in [4.78, 5) is 47.3. The molecular formula is C25H29N3O5S. The highest BCUT2D eigenvalue weighted by Gasteiger charge is 2.44. The molecule has 1 aromatic carbocycles. The molecule has 0 bridgehead atoms. The molecule has 3 heterocycles. The van der Waals surface area contributed by atoms with Crippen LogP contribution in [0.25, 0.3) is 0 Å². The first-order valence-electron chi connectivity index (χ1n) is 11.4. The van der Waals surface area contributed by atoms with Gasteiger partial charge in [-0.15, -0.1) is 11.3 Å². The Morgan fingerprint density at radius 3 is 2.38 bits per heavy atom. The van der Waals surface area contributed by atoms with E-state index >= 15 is 0 Å². The number of aliphatic hydroxyl groups excluding tert-OH is 1. The number of likely N-dealkylation sites (tertiary alicyclic amines) is 1. The Balaban J connectivity index is 1.70. The maximum atomic E-state index is 13.6. The molecule has 4 rings (SSSR count). The fraction of sp³-hybridized carbons (Fsp3) is 0.440. The fourth-order valence-corrected chi connectivity index (χ4v) is 5.55. The number of aromatic nitrogens is 1. The largest absolute Gasteiger partial charge is 0.503 e. The van der Waals surface area contributed by atoms with E-state index in [0.29, 0.717) is 34.8 Å². The second-order valence-electron chi connectivity index (χ2n) is 8.66. The van der Waals surface area contributed by atoms with E-state index in [1.165, 1.54) is 24.9 Å². The van der Waals surface area contributed by atoms with Crippen molar-refractivity contribution in [1.82, 2.24) is 14.8 Å². The average molecular weight is 484 g/mol. The Hall–Kier alpha value is -3.04. The van der Waals surface area contributed by atoms with Crippen molar-refractivity contribution >= 4 is 29.0 Å². The summed E-state index contributed by atoms with van der Waals surface area (Å²) >= 11 is 1.25. The van der Waals surface area contributed by atoms with Crippen LogP contribution < -0.4 is 0 Å². The van der Waals surface area contributed by atoms with E-state index in [1.807, 2.05) is 6.92 Å². The van der Waals surface area contributed by atoms with Crippen molar-refractivity contribution < 1.29 is 24.2 Å². The minimum atomic E-state index is -0.752. The topological polar surface area (TPSA) is 100 Å². The fourth-order valence-electron chi connectivity index (χ4n) is 4.68. The van der Waals surface area contributed by atoms with Gasteiger partial charge in [0.15, 0.2) is 5.76 Å². The summed E-state index contributed by atoms with van der Waals surface area (Å²) in [5.41, 5.74) is 1.64. The number of thiazole rings is 1. The molecule has 1 saturated heterocycles. The van der Waals surface area contributed by atoms with Gasteiger partial charge in [0.05, 0.1) is 39.9 Å². The van der Waals surface area contributed by atoms with Gasteiger partial charge in [0, 0.05) is 13.1 Å². The second kappa shape index (κ2) is 10.1. The number of amides is 1.